The number of aryl methyl sites for hydroxylation is 1. The maximum atomic E-state index is 5.99. The second-order valence-electron chi connectivity index (χ2n) is 4.73. The Kier molecular flexibility index (Phi) is 3.44. The summed E-state index contributed by atoms with van der Waals surface area (Å²) in [6.07, 6.45) is 3.58. The average molecular weight is 288 g/mol. The minimum absolute atomic E-state index is 0.242. The third kappa shape index (κ3) is 2.41. The number of nitrogens with one attached hydrogen (secondary N) is 1. The highest BCUT2D eigenvalue weighted by Crippen LogP contribution is 2.29. The monoisotopic (exact) mass is 287 g/mol. The van der Waals surface area contributed by atoms with Crippen molar-refractivity contribution >= 4 is 22.6 Å². The molecule has 0 spiro atoms. The van der Waals surface area contributed by atoms with Crippen LogP contribution >= 0.6 is 11.6 Å². The number of fused-ring (bicyclic) bond motifs is 1. The van der Waals surface area contributed by atoms with Crippen molar-refractivity contribution in [3.8, 4) is 0 Å². The van der Waals surface area contributed by atoms with E-state index in [1.54, 1.807) is 18.5 Å². The van der Waals surface area contributed by atoms with Gasteiger partial charge in [0.1, 0.15) is 17.4 Å². The second-order valence-corrected chi connectivity index (χ2v) is 5.16. The summed E-state index contributed by atoms with van der Waals surface area (Å²) in [5.41, 5.74) is 5.58. The van der Waals surface area contributed by atoms with Gasteiger partial charge in [0.15, 0.2) is 0 Å². The number of rotatable bonds is 3. The molecule has 0 aliphatic carbocycles. The summed E-state index contributed by atoms with van der Waals surface area (Å²) in [7, 11) is 0. The fourth-order valence-corrected chi connectivity index (χ4v) is 2.44. The summed E-state index contributed by atoms with van der Waals surface area (Å²) < 4.78 is 5.84. The van der Waals surface area contributed by atoms with Gasteiger partial charge in [-0.05, 0) is 42.3 Å². The van der Waals surface area contributed by atoms with Gasteiger partial charge in [0.25, 0.3) is 0 Å². The topological polar surface area (TPSA) is 64.1 Å². The van der Waals surface area contributed by atoms with Crippen LogP contribution in [0.3, 0.4) is 0 Å². The first-order chi connectivity index (χ1) is 9.67. The maximum absolute atomic E-state index is 5.99. The molecule has 1 aromatic carbocycles. The summed E-state index contributed by atoms with van der Waals surface area (Å²) in [5, 5.41) is 1.63. The number of nitrogens with zero attached hydrogens (tertiary/aromatic N) is 1. The first kappa shape index (κ1) is 13.1. The van der Waals surface area contributed by atoms with Crippen LogP contribution in [0.4, 0.5) is 0 Å². The molecule has 0 aliphatic heterocycles. The minimum atomic E-state index is -0.242. The van der Waals surface area contributed by atoms with Crippen LogP contribution in [0.5, 0.6) is 0 Å². The molecule has 20 heavy (non-hydrogen) atoms. The summed E-state index contributed by atoms with van der Waals surface area (Å²) >= 11 is 5.99. The van der Waals surface area contributed by atoms with E-state index >= 15 is 0 Å². The van der Waals surface area contributed by atoms with E-state index in [0.29, 0.717) is 5.02 Å². The molecule has 0 saturated heterocycles. The van der Waals surface area contributed by atoms with Gasteiger partial charge in [-0.3, -0.25) is 10.8 Å². The molecule has 0 amide bonds. The molecule has 3 aromatic rings. The minimum Gasteiger partial charge on any atom is -0.459 e. The Labute approximate surface area is 121 Å². The Morgan fingerprint density at radius 2 is 2.10 bits per heavy atom. The molecule has 0 bridgehead atoms. The van der Waals surface area contributed by atoms with Gasteiger partial charge in [-0.1, -0.05) is 17.7 Å². The van der Waals surface area contributed by atoms with Gasteiger partial charge in [-0.2, -0.15) is 0 Å². The lowest BCUT2D eigenvalue weighted by Crippen LogP contribution is -2.28. The quantitative estimate of drug-likeness (QED) is 0.573. The van der Waals surface area contributed by atoms with E-state index in [1.807, 2.05) is 31.2 Å². The van der Waals surface area contributed by atoms with Gasteiger partial charge < -0.3 is 4.42 Å². The Bertz CT molecular complexity index is 754. The Morgan fingerprint density at radius 1 is 1.25 bits per heavy atom. The van der Waals surface area contributed by atoms with Crippen molar-refractivity contribution in [2.24, 2.45) is 5.84 Å². The van der Waals surface area contributed by atoms with Crippen LogP contribution in [-0.4, -0.2) is 4.98 Å². The van der Waals surface area contributed by atoms with E-state index in [4.69, 9.17) is 21.9 Å². The molecule has 0 saturated carbocycles. The molecule has 0 aliphatic rings. The van der Waals surface area contributed by atoms with Crippen LogP contribution in [-0.2, 0) is 0 Å². The summed E-state index contributed by atoms with van der Waals surface area (Å²) in [5.74, 6) is 6.41. The number of halogens is 1. The molecule has 5 heteroatoms. The van der Waals surface area contributed by atoms with Crippen molar-refractivity contribution in [3.63, 3.8) is 0 Å². The number of benzene rings is 1. The first-order valence-electron chi connectivity index (χ1n) is 6.24. The molecule has 1 unspecified atom stereocenters. The van der Waals surface area contributed by atoms with Gasteiger partial charge in [-0.15, -0.1) is 0 Å². The normalized spacial score (nSPS) is 12.8. The lowest BCUT2D eigenvalue weighted by molar-refractivity contribution is 0.476. The van der Waals surface area contributed by atoms with Crippen LogP contribution in [0.1, 0.15) is 22.9 Å². The fourth-order valence-electron chi connectivity index (χ4n) is 2.26. The van der Waals surface area contributed by atoms with Crippen LogP contribution in [0.25, 0.3) is 11.0 Å². The zero-order valence-corrected chi connectivity index (χ0v) is 11.7. The number of aromatic nitrogens is 1. The number of hydrazine groups is 1. The van der Waals surface area contributed by atoms with Gasteiger partial charge >= 0.3 is 0 Å². The van der Waals surface area contributed by atoms with Crippen LogP contribution < -0.4 is 11.3 Å². The third-order valence-electron chi connectivity index (χ3n) is 3.18. The van der Waals surface area contributed by atoms with Gasteiger partial charge in [0.2, 0.25) is 0 Å². The third-order valence-corrected chi connectivity index (χ3v) is 3.41. The molecule has 4 nitrogen and oxygen atoms in total. The summed E-state index contributed by atoms with van der Waals surface area (Å²) in [6.45, 7) is 1.99. The highest BCUT2D eigenvalue weighted by molar-refractivity contribution is 6.31. The van der Waals surface area contributed by atoms with Crippen molar-refractivity contribution < 1.29 is 4.42 Å². The predicted molar refractivity (Wildman–Crippen MR) is 79.4 cm³/mol. The molecule has 102 valence electrons. The van der Waals surface area contributed by atoms with Crippen LogP contribution in [0.2, 0.25) is 5.02 Å². The number of pyridine rings is 1. The van der Waals surface area contributed by atoms with Crippen molar-refractivity contribution in [2.75, 3.05) is 0 Å². The first-order valence-corrected chi connectivity index (χ1v) is 6.62. The highest BCUT2D eigenvalue weighted by Gasteiger charge is 2.17. The smallest absolute Gasteiger partial charge is 0.134 e. The second kappa shape index (κ2) is 5.25. The molecule has 1 atom stereocenters. The number of hydrogen-bond acceptors (Lipinski definition) is 4. The zero-order chi connectivity index (χ0) is 14.1. The molecular weight excluding hydrogens is 274 g/mol. The standard InChI is InChI=1S/C15H14ClN3O/c1-9-4-11(8-18-7-9)15(19-17)14-6-10-5-12(16)2-3-13(10)20-14/h2-8,15,19H,17H2,1H3. The zero-order valence-electron chi connectivity index (χ0n) is 10.9. The van der Waals surface area contributed by atoms with Gasteiger partial charge in [-0.25, -0.2) is 5.43 Å². The van der Waals surface area contributed by atoms with Crippen LogP contribution in [0.15, 0.2) is 47.1 Å². The van der Waals surface area contributed by atoms with Gasteiger partial charge in [0.05, 0.1) is 0 Å². The molecule has 3 rings (SSSR count). The van der Waals surface area contributed by atoms with Crippen molar-refractivity contribution in [3.05, 3.63) is 64.6 Å². The number of nitrogens with two attached hydrogens (primary N) is 1. The van der Waals surface area contributed by atoms with Crippen molar-refractivity contribution in [2.45, 2.75) is 13.0 Å². The van der Waals surface area contributed by atoms with E-state index in [-0.39, 0.29) is 6.04 Å². The maximum Gasteiger partial charge on any atom is 0.134 e. The van der Waals surface area contributed by atoms with E-state index in [0.717, 1.165) is 27.9 Å². The fraction of sp³-hybridized carbons (Fsp3) is 0.133. The van der Waals surface area contributed by atoms with E-state index in [9.17, 15) is 0 Å². The Morgan fingerprint density at radius 3 is 2.85 bits per heavy atom. The summed E-state index contributed by atoms with van der Waals surface area (Å²) in [6, 6.07) is 9.24. The largest absolute Gasteiger partial charge is 0.459 e. The van der Waals surface area contributed by atoms with E-state index < -0.39 is 0 Å². The molecule has 2 heterocycles. The molecule has 2 aromatic heterocycles. The van der Waals surface area contributed by atoms with Crippen molar-refractivity contribution in [1.82, 2.24) is 10.4 Å². The Hall–Kier alpha value is -1.88. The average Bonchev–Trinajstić information content (AvgIpc) is 2.82. The number of hydrogen-bond donors (Lipinski definition) is 2. The lowest BCUT2D eigenvalue weighted by Gasteiger charge is -2.13. The molecule has 0 radical (unpaired) electrons. The van der Waals surface area contributed by atoms with E-state index in [1.165, 1.54) is 0 Å². The lowest BCUT2D eigenvalue weighted by atomic mass is 10.1. The summed E-state index contributed by atoms with van der Waals surface area (Å²) in [4.78, 5) is 4.19. The van der Waals surface area contributed by atoms with E-state index in [2.05, 4.69) is 10.4 Å². The SMILES string of the molecule is Cc1cncc(C(NN)c2cc3cc(Cl)ccc3o2)c1. The van der Waals surface area contributed by atoms with Gasteiger partial charge in [0, 0.05) is 22.8 Å². The van der Waals surface area contributed by atoms with Crippen LogP contribution in [0, 0.1) is 6.92 Å². The number of furan rings is 1. The highest BCUT2D eigenvalue weighted by atomic mass is 35.5. The molecule has 3 N–H and O–H groups in total. The Balaban J connectivity index is 2.07. The molecular formula is C15H14ClN3O. The van der Waals surface area contributed by atoms with Crippen molar-refractivity contribution in [1.29, 1.82) is 0 Å². The predicted octanol–water partition coefficient (Wildman–Crippen LogP) is 3.34. The molecule has 0 fully saturated rings.